The Morgan fingerprint density at radius 1 is 1.83 bits per heavy atom. The molecule has 6 heavy (non-hydrogen) atoms. The van der Waals surface area contributed by atoms with Gasteiger partial charge < -0.3 is 10.8 Å². The van der Waals surface area contributed by atoms with Gasteiger partial charge in [-0.15, -0.1) is 0 Å². The van der Waals surface area contributed by atoms with Crippen molar-refractivity contribution in [3.8, 4) is 0 Å². The van der Waals surface area contributed by atoms with Crippen LogP contribution < -0.4 is 5.73 Å². The zero-order valence-electron chi connectivity index (χ0n) is 2.64. The minimum absolute atomic E-state index is 0. The summed E-state index contributed by atoms with van der Waals surface area (Å²) >= 11 is 0. The first-order valence-electron chi connectivity index (χ1n) is 1.19. The first kappa shape index (κ1) is 10.1. The van der Waals surface area contributed by atoms with E-state index in [0.717, 1.165) is 0 Å². The Balaban J connectivity index is 0. The number of nitrogens with two attached hydrogens (primary N) is 1. The molecule has 0 aromatic heterocycles. The normalized spacial score (nSPS) is 6.17. The number of carboxylic acid groups (broad SMARTS) is 1. The Labute approximate surface area is 78.3 Å². The quantitative estimate of drug-likeness (QED) is 0.404. The van der Waals surface area contributed by atoms with Crippen molar-refractivity contribution in [3.05, 3.63) is 0 Å². The van der Waals surface area contributed by atoms with E-state index in [2.05, 4.69) is 5.73 Å². The maximum atomic E-state index is 9.24. The van der Waals surface area contributed by atoms with Gasteiger partial charge in [-0.2, -0.15) is 0 Å². The third-order valence-electron chi connectivity index (χ3n) is 0.175. The van der Waals surface area contributed by atoms with Crippen molar-refractivity contribution in [2.75, 3.05) is 6.54 Å². The predicted molar refractivity (Wildman–Crippen MR) is 23.8 cm³/mol. The van der Waals surface area contributed by atoms with Crippen LogP contribution in [0.3, 0.4) is 0 Å². The molecule has 0 saturated heterocycles. The molecule has 0 aliphatic heterocycles. The Kier molecular flexibility index (Phi) is 10.2. The molecule has 0 amide bonds. The molecule has 0 rings (SSSR count). The van der Waals surface area contributed by atoms with Crippen LogP contribution in [-0.4, -0.2) is 69.0 Å². The average molecular weight is 115 g/mol. The van der Waals surface area contributed by atoms with E-state index >= 15 is 0 Å². The number of carbonyl (C=O) groups is 1. The second kappa shape index (κ2) is 6.07. The topological polar surface area (TPSA) is 63.3 Å². The fraction of sp³-hybridized carbons (Fsp3) is 0.500. The number of rotatable bonds is 1. The van der Waals surface area contributed by atoms with E-state index in [0.29, 0.717) is 0 Å². The molecule has 0 atom stereocenters. The number of hydrogen-bond donors (Lipinski definition) is 2. The van der Waals surface area contributed by atoms with Gasteiger partial charge in [-0.25, -0.2) is 0 Å². The molecule has 3 N–H and O–H groups in total. The summed E-state index contributed by atoms with van der Waals surface area (Å²) in [4.78, 5) is 9.24. The number of hydrogen-bond acceptors (Lipinski definition) is 2. The van der Waals surface area contributed by atoms with Crippen molar-refractivity contribution in [1.82, 2.24) is 0 Å². The van der Waals surface area contributed by atoms with Crippen LogP contribution >= 0.6 is 0 Å². The van der Waals surface area contributed by atoms with Gasteiger partial charge in [0.1, 0.15) is 0 Å². The standard InChI is InChI=1S/C2H5NO2.K.H/c3-1-2(4)5;;/h1,3H2,(H,4,5);;. The van der Waals surface area contributed by atoms with Crippen molar-refractivity contribution in [1.29, 1.82) is 0 Å². The summed E-state index contributed by atoms with van der Waals surface area (Å²) < 4.78 is 0. The second-order valence-electron chi connectivity index (χ2n) is 0.598. The van der Waals surface area contributed by atoms with E-state index in [1.54, 1.807) is 0 Å². The molecule has 0 spiro atoms. The van der Waals surface area contributed by atoms with Gasteiger partial charge in [-0.05, 0) is 0 Å². The predicted octanol–water partition coefficient (Wildman–Crippen LogP) is -1.62. The van der Waals surface area contributed by atoms with Crippen LogP contribution in [0.25, 0.3) is 0 Å². The molecule has 0 aromatic carbocycles. The van der Waals surface area contributed by atoms with Crippen molar-refractivity contribution < 1.29 is 9.90 Å². The van der Waals surface area contributed by atoms with Crippen LogP contribution in [0.15, 0.2) is 0 Å². The first-order valence-corrected chi connectivity index (χ1v) is 1.19. The Hall–Kier alpha value is 1.07. The minimum atomic E-state index is -0.968. The van der Waals surface area contributed by atoms with Crippen molar-refractivity contribution in [2.24, 2.45) is 5.73 Å². The molecule has 0 aromatic rings. The van der Waals surface area contributed by atoms with Crippen LogP contribution in [0.5, 0.6) is 0 Å². The summed E-state index contributed by atoms with van der Waals surface area (Å²) in [5.74, 6) is -0.968. The summed E-state index contributed by atoms with van der Waals surface area (Å²) in [5, 5.41) is 7.60. The SMILES string of the molecule is NCC(=O)O.[KH]. The first-order chi connectivity index (χ1) is 2.27. The van der Waals surface area contributed by atoms with Crippen LogP contribution in [0.1, 0.15) is 0 Å². The van der Waals surface area contributed by atoms with Gasteiger partial charge in [0, 0.05) is 0 Å². The van der Waals surface area contributed by atoms with Crippen LogP contribution in [0.2, 0.25) is 0 Å². The summed E-state index contributed by atoms with van der Waals surface area (Å²) in [6.07, 6.45) is 0. The Bertz CT molecular complexity index is 46.8. The molecule has 0 unspecified atom stereocenters. The Morgan fingerprint density at radius 2 is 2.00 bits per heavy atom. The van der Waals surface area contributed by atoms with E-state index in [9.17, 15) is 4.79 Å². The Morgan fingerprint density at radius 3 is 2.00 bits per heavy atom. The van der Waals surface area contributed by atoms with E-state index < -0.39 is 5.97 Å². The fourth-order valence-corrected chi connectivity index (χ4v) is 0. The van der Waals surface area contributed by atoms with Gasteiger partial charge in [0.2, 0.25) is 0 Å². The van der Waals surface area contributed by atoms with Gasteiger partial charge >= 0.3 is 57.4 Å². The molecule has 0 aliphatic carbocycles. The van der Waals surface area contributed by atoms with Crippen molar-refractivity contribution >= 4 is 57.4 Å². The monoisotopic (exact) mass is 115 g/mol. The molecule has 0 radical (unpaired) electrons. The molecule has 4 heteroatoms. The van der Waals surface area contributed by atoms with Crippen LogP contribution in [0.4, 0.5) is 0 Å². The molecule has 0 aliphatic rings. The summed E-state index contributed by atoms with van der Waals surface area (Å²) in [6.45, 7) is -0.278. The molecule has 0 fully saturated rings. The van der Waals surface area contributed by atoms with Crippen LogP contribution in [0, 0.1) is 0 Å². The van der Waals surface area contributed by atoms with Crippen molar-refractivity contribution in [2.45, 2.75) is 0 Å². The third kappa shape index (κ3) is 8.91. The van der Waals surface area contributed by atoms with Gasteiger partial charge in [0.05, 0.1) is 6.54 Å². The molecule has 3 nitrogen and oxygen atoms in total. The molecule has 0 heterocycles. The summed E-state index contributed by atoms with van der Waals surface area (Å²) in [6, 6.07) is 0. The third-order valence-corrected chi connectivity index (χ3v) is 0.175. The van der Waals surface area contributed by atoms with E-state index in [-0.39, 0.29) is 57.9 Å². The van der Waals surface area contributed by atoms with Gasteiger partial charge in [-0.1, -0.05) is 0 Å². The van der Waals surface area contributed by atoms with Crippen molar-refractivity contribution in [3.63, 3.8) is 0 Å². The molecule has 0 saturated carbocycles. The van der Waals surface area contributed by atoms with E-state index in [1.807, 2.05) is 0 Å². The maximum absolute atomic E-state index is 9.24. The van der Waals surface area contributed by atoms with Gasteiger partial charge in [-0.3, -0.25) is 4.79 Å². The van der Waals surface area contributed by atoms with Crippen LogP contribution in [-0.2, 0) is 4.79 Å². The molecular formula is C2H6KNO2. The van der Waals surface area contributed by atoms with Gasteiger partial charge in [0.15, 0.2) is 0 Å². The zero-order valence-corrected chi connectivity index (χ0v) is 2.64. The number of carboxylic acids is 1. The zero-order chi connectivity index (χ0) is 4.28. The average Bonchev–Trinajstić information content (AvgIpc) is 1.38. The molecule has 32 valence electrons. The van der Waals surface area contributed by atoms with E-state index in [4.69, 9.17) is 5.11 Å². The number of aliphatic carboxylic acids is 1. The van der Waals surface area contributed by atoms with Gasteiger partial charge in [0.25, 0.3) is 0 Å². The fourth-order valence-electron chi connectivity index (χ4n) is 0. The molecular weight excluding hydrogens is 109 g/mol. The summed E-state index contributed by atoms with van der Waals surface area (Å²) in [7, 11) is 0. The van der Waals surface area contributed by atoms with E-state index in [1.165, 1.54) is 0 Å². The summed E-state index contributed by atoms with van der Waals surface area (Å²) in [5.41, 5.74) is 4.57. The second-order valence-corrected chi connectivity index (χ2v) is 0.598. The molecule has 0 bridgehead atoms.